The molecule has 9 heteroatoms. The van der Waals surface area contributed by atoms with Gasteiger partial charge in [-0.05, 0) is 73.2 Å². The third-order valence-electron chi connectivity index (χ3n) is 6.38. The second kappa shape index (κ2) is 9.55. The summed E-state index contributed by atoms with van der Waals surface area (Å²) in [5.41, 5.74) is 2.72. The lowest BCUT2D eigenvalue weighted by Crippen LogP contribution is -2.45. The Morgan fingerprint density at radius 1 is 1.00 bits per heavy atom. The van der Waals surface area contributed by atoms with Crippen LogP contribution in [-0.2, 0) is 4.74 Å². The summed E-state index contributed by atoms with van der Waals surface area (Å²) >= 11 is 0. The maximum Gasteiger partial charge on any atom is 0.573 e. The summed E-state index contributed by atoms with van der Waals surface area (Å²) in [6.07, 6.45) is -1.08. The van der Waals surface area contributed by atoms with E-state index in [-0.39, 0.29) is 23.5 Å². The quantitative estimate of drug-likeness (QED) is 0.344. The maximum absolute atomic E-state index is 13.5. The molecule has 5 rings (SSSR count). The first-order valence-electron chi connectivity index (χ1n) is 12.0. The molecule has 0 spiro atoms. The van der Waals surface area contributed by atoms with E-state index in [2.05, 4.69) is 14.6 Å². The molecule has 192 valence electrons. The van der Waals surface area contributed by atoms with Crippen molar-refractivity contribution in [2.24, 2.45) is 0 Å². The van der Waals surface area contributed by atoms with Gasteiger partial charge < -0.3 is 14.4 Å². The second-order valence-corrected chi connectivity index (χ2v) is 9.32. The predicted octanol–water partition coefficient (Wildman–Crippen LogP) is 5.87. The van der Waals surface area contributed by atoms with E-state index in [0.29, 0.717) is 16.6 Å². The van der Waals surface area contributed by atoms with Crippen LogP contribution in [0, 0.1) is 6.92 Å². The Labute approximate surface area is 211 Å². The summed E-state index contributed by atoms with van der Waals surface area (Å²) in [5.74, 6) is 0.532. The van der Waals surface area contributed by atoms with Crippen molar-refractivity contribution < 1.29 is 22.6 Å². The lowest BCUT2D eigenvalue weighted by molar-refractivity contribution is -0.274. The molecule has 4 aromatic rings. The van der Waals surface area contributed by atoms with Crippen LogP contribution < -0.4 is 15.2 Å². The number of rotatable bonds is 4. The number of hydrogen-bond donors (Lipinski definition) is 0. The Bertz CT molecular complexity index is 1470. The SMILES string of the molecule is Cc1cn(-c2ccc(N3CC(C)O[C@@H](C)C3)nc2)c(=O)c2cccc(-c3ccc(OC(F)(F)F)cc3)c12. The van der Waals surface area contributed by atoms with Crippen LogP contribution in [0.3, 0.4) is 0 Å². The number of aryl methyl sites for hydroxylation is 1. The lowest BCUT2D eigenvalue weighted by Gasteiger charge is -2.36. The normalized spacial score (nSPS) is 18.3. The molecule has 1 aliphatic rings. The first-order valence-corrected chi connectivity index (χ1v) is 12.0. The van der Waals surface area contributed by atoms with Crippen molar-refractivity contribution in [3.8, 4) is 22.6 Å². The van der Waals surface area contributed by atoms with Crippen LogP contribution >= 0.6 is 0 Å². The average Bonchev–Trinajstić information content (AvgIpc) is 2.85. The standard InChI is InChI=1S/C28H26F3N3O3/c1-17-14-34(21-9-12-25(32-13-21)33-15-18(2)36-19(3)16-33)27(35)24-6-4-5-23(26(17)24)20-7-10-22(11-8-20)37-28(29,30)31/h4-14,18-19H,15-16H2,1-3H3/t18-,19?/m0/s1. The minimum atomic E-state index is -4.76. The van der Waals surface area contributed by atoms with Gasteiger partial charge in [-0.25, -0.2) is 4.98 Å². The molecule has 2 aromatic heterocycles. The zero-order chi connectivity index (χ0) is 26.3. The van der Waals surface area contributed by atoms with Gasteiger partial charge in [0.25, 0.3) is 5.56 Å². The fraction of sp³-hybridized carbons (Fsp3) is 0.286. The number of pyridine rings is 2. The van der Waals surface area contributed by atoms with Crippen molar-refractivity contribution in [1.29, 1.82) is 0 Å². The Morgan fingerprint density at radius 3 is 2.32 bits per heavy atom. The number of nitrogens with zero attached hydrogens (tertiary/aromatic N) is 3. The number of anilines is 1. The summed E-state index contributed by atoms with van der Waals surface area (Å²) in [4.78, 5) is 20.3. The Morgan fingerprint density at radius 2 is 1.70 bits per heavy atom. The molecule has 1 aliphatic heterocycles. The number of halogens is 3. The highest BCUT2D eigenvalue weighted by molar-refractivity contribution is 5.98. The first-order chi connectivity index (χ1) is 17.6. The van der Waals surface area contributed by atoms with E-state index in [4.69, 9.17) is 4.74 Å². The average molecular weight is 510 g/mol. The number of morpholine rings is 1. The van der Waals surface area contributed by atoms with Gasteiger partial charge in [0.05, 0.1) is 24.1 Å². The van der Waals surface area contributed by atoms with Gasteiger partial charge >= 0.3 is 6.36 Å². The van der Waals surface area contributed by atoms with Crippen LogP contribution in [0.25, 0.3) is 27.6 Å². The van der Waals surface area contributed by atoms with Crippen LogP contribution in [0.15, 0.2) is 71.8 Å². The molecule has 6 nitrogen and oxygen atoms in total. The monoisotopic (exact) mass is 509 g/mol. The smallest absolute Gasteiger partial charge is 0.406 e. The Kier molecular flexibility index (Phi) is 6.41. The highest BCUT2D eigenvalue weighted by atomic mass is 19.4. The van der Waals surface area contributed by atoms with E-state index < -0.39 is 6.36 Å². The van der Waals surface area contributed by atoms with Gasteiger partial charge in [-0.2, -0.15) is 0 Å². The fourth-order valence-electron chi connectivity index (χ4n) is 4.94. The van der Waals surface area contributed by atoms with Gasteiger partial charge in [0, 0.05) is 24.7 Å². The van der Waals surface area contributed by atoms with Crippen molar-refractivity contribution in [3.05, 3.63) is 82.9 Å². The van der Waals surface area contributed by atoms with Crippen LogP contribution in [0.4, 0.5) is 19.0 Å². The number of ether oxygens (including phenoxy) is 2. The van der Waals surface area contributed by atoms with Gasteiger partial charge in [-0.3, -0.25) is 9.36 Å². The van der Waals surface area contributed by atoms with Crippen LogP contribution in [0.1, 0.15) is 19.4 Å². The van der Waals surface area contributed by atoms with Crippen LogP contribution in [0.2, 0.25) is 0 Å². The molecule has 2 aromatic carbocycles. The Balaban J connectivity index is 1.50. The van der Waals surface area contributed by atoms with Crippen molar-refractivity contribution in [1.82, 2.24) is 9.55 Å². The molecule has 37 heavy (non-hydrogen) atoms. The maximum atomic E-state index is 13.5. The summed E-state index contributed by atoms with van der Waals surface area (Å²) in [7, 11) is 0. The lowest BCUT2D eigenvalue weighted by atomic mass is 9.96. The minimum absolute atomic E-state index is 0.110. The number of benzene rings is 2. The van der Waals surface area contributed by atoms with Crippen LogP contribution in [-0.4, -0.2) is 41.2 Å². The third kappa shape index (κ3) is 5.17. The van der Waals surface area contributed by atoms with Crippen molar-refractivity contribution in [3.63, 3.8) is 0 Å². The summed E-state index contributed by atoms with van der Waals surface area (Å²) < 4.78 is 48.9. The molecule has 0 saturated carbocycles. The summed E-state index contributed by atoms with van der Waals surface area (Å²) in [5, 5.41) is 1.25. The van der Waals surface area contributed by atoms with Gasteiger partial charge in [0.1, 0.15) is 11.6 Å². The molecule has 0 N–H and O–H groups in total. The van der Waals surface area contributed by atoms with Crippen molar-refractivity contribution in [2.75, 3.05) is 18.0 Å². The summed E-state index contributed by atoms with van der Waals surface area (Å²) in [6.45, 7) is 7.47. The highest BCUT2D eigenvalue weighted by Gasteiger charge is 2.31. The van der Waals surface area contributed by atoms with Gasteiger partial charge in [0.15, 0.2) is 0 Å². The third-order valence-corrected chi connectivity index (χ3v) is 6.38. The molecule has 0 bridgehead atoms. The topological polar surface area (TPSA) is 56.6 Å². The molecule has 0 aliphatic carbocycles. The van der Waals surface area contributed by atoms with E-state index in [1.165, 1.54) is 12.1 Å². The molecule has 0 amide bonds. The molecular weight excluding hydrogens is 483 g/mol. The van der Waals surface area contributed by atoms with E-state index in [1.54, 1.807) is 41.2 Å². The van der Waals surface area contributed by atoms with Gasteiger partial charge in [-0.15, -0.1) is 13.2 Å². The highest BCUT2D eigenvalue weighted by Crippen LogP contribution is 2.32. The molecular formula is C28H26F3N3O3. The fourth-order valence-corrected chi connectivity index (χ4v) is 4.94. The number of aromatic nitrogens is 2. The van der Waals surface area contributed by atoms with Crippen molar-refractivity contribution in [2.45, 2.75) is 39.3 Å². The van der Waals surface area contributed by atoms with Crippen molar-refractivity contribution >= 4 is 16.6 Å². The predicted molar refractivity (Wildman–Crippen MR) is 136 cm³/mol. The Hall–Kier alpha value is -3.85. The zero-order valence-electron chi connectivity index (χ0n) is 20.6. The van der Waals surface area contributed by atoms with E-state index >= 15 is 0 Å². The zero-order valence-corrected chi connectivity index (χ0v) is 20.6. The van der Waals surface area contributed by atoms with Gasteiger partial charge in [-0.1, -0.05) is 24.3 Å². The summed E-state index contributed by atoms with van der Waals surface area (Å²) in [6, 6.07) is 14.8. The molecule has 1 saturated heterocycles. The first kappa shape index (κ1) is 24.8. The molecule has 0 radical (unpaired) electrons. The molecule has 1 fully saturated rings. The van der Waals surface area contributed by atoms with E-state index in [0.717, 1.165) is 35.4 Å². The minimum Gasteiger partial charge on any atom is -0.406 e. The molecule has 1 unspecified atom stereocenters. The number of alkyl halides is 3. The largest absolute Gasteiger partial charge is 0.573 e. The molecule has 3 heterocycles. The number of fused-ring (bicyclic) bond motifs is 1. The second-order valence-electron chi connectivity index (χ2n) is 9.32. The van der Waals surface area contributed by atoms with E-state index in [1.807, 2.05) is 39.0 Å². The molecule has 2 atom stereocenters. The van der Waals surface area contributed by atoms with Gasteiger partial charge in [0.2, 0.25) is 0 Å². The van der Waals surface area contributed by atoms with E-state index in [9.17, 15) is 18.0 Å². The van der Waals surface area contributed by atoms with Crippen LogP contribution in [0.5, 0.6) is 5.75 Å². The number of hydrogen-bond acceptors (Lipinski definition) is 5.